The topological polar surface area (TPSA) is 29.5 Å². The summed E-state index contributed by atoms with van der Waals surface area (Å²) in [5, 5.41) is 10.4. The van der Waals surface area contributed by atoms with E-state index in [0.717, 1.165) is 17.4 Å². The number of benzene rings is 2. The highest BCUT2D eigenvalue weighted by Gasteiger charge is 2.31. The molecule has 110 valence electrons. The first-order valence-corrected chi connectivity index (χ1v) is 7.39. The number of halogens is 3. The van der Waals surface area contributed by atoms with Gasteiger partial charge in [0.15, 0.2) is 0 Å². The van der Waals surface area contributed by atoms with Crippen molar-refractivity contribution in [2.45, 2.75) is 12.5 Å². The summed E-state index contributed by atoms with van der Waals surface area (Å²) in [4.78, 5) is 0. The van der Waals surface area contributed by atoms with Crippen LogP contribution in [0.4, 0.5) is 8.78 Å². The van der Waals surface area contributed by atoms with Gasteiger partial charge >= 0.3 is 0 Å². The maximum absolute atomic E-state index is 14.1. The second kappa shape index (κ2) is 5.73. The zero-order chi connectivity index (χ0) is 15.0. The van der Waals surface area contributed by atoms with Crippen molar-refractivity contribution in [2.75, 3.05) is 6.61 Å². The highest BCUT2D eigenvalue weighted by atomic mass is 79.9. The highest BCUT2D eigenvalue weighted by Crippen LogP contribution is 2.36. The first kappa shape index (κ1) is 14.5. The third-order valence-electron chi connectivity index (χ3n) is 3.73. The molecule has 0 saturated heterocycles. The van der Waals surface area contributed by atoms with Gasteiger partial charge in [-0.2, -0.15) is 0 Å². The van der Waals surface area contributed by atoms with Gasteiger partial charge in [-0.25, -0.2) is 8.78 Å². The normalized spacial score (nSPS) is 18.8. The van der Waals surface area contributed by atoms with Crippen LogP contribution in [0.1, 0.15) is 17.2 Å². The van der Waals surface area contributed by atoms with Gasteiger partial charge in [0.25, 0.3) is 0 Å². The van der Waals surface area contributed by atoms with Crippen molar-refractivity contribution >= 4 is 15.9 Å². The Morgan fingerprint density at radius 2 is 1.95 bits per heavy atom. The number of aliphatic hydroxyl groups excluding tert-OH is 1. The van der Waals surface area contributed by atoms with Crippen molar-refractivity contribution in [2.24, 2.45) is 5.92 Å². The molecule has 0 aliphatic carbocycles. The van der Waals surface area contributed by atoms with Gasteiger partial charge in [-0.3, -0.25) is 0 Å². The molecule has 0 fully saturated rings. The molecule has 0 amide bonds. The van der Waals surface area contributed by atoms with Gasteiger partial charge in [-0.1, -0.05) is 18.2 Å². The number of hydrogen-bond donors (Lipinski definition) is 1. The lowest BCUT2D eigenvalue weighted by Crippen LogP contribution is -2.27. The molecule has 21 heavy (non-hydrogen) atoms. The molecule has 0 saturated carbocycles. The van der Waals surface area contributed by atoms with Crippen molar-refractivity contribution in [1.29, 1.82) is 0 Å². The number of fused-ring (bicyclic) bond motifs is 1. The molecule has 0 aromatic heterocycles. The Labute approximate surface area is 129 Å². The van der Waals surface area contributed by atoms with Gasteiger partial charge in [0.2, 0.25) is 0 Å². The van der Waals surface area contributed by atoms with Gasteiger partial charge in [0, 0.05) is 5.92 Å². The highest BCUT2D eigenvalue weighted by molar-refractivity contribution is 9.10. The quantitative estimate of drug-likeness (QED) is 0.825. The van der Waals surface area contributed by atoms with E-state index in [2.05, 4.69) is 15.9 Å². The summed E-state index contributed by atoms with van der Waals surface area (Å²) < 4.78 is 33.7. The largest absolute Gasteiger partial charge is 0.493 e. The minimum absolute atomic E-state index is 0.134. The van der Waals surface area contributed by atoms with Crippen LogP contribution in [-0.4, -0.2) is 11.7 Å². The third kappa shape index (κ3) is 2.68. The monoisotopic (exact) mass is 354 g/mol. The van der Waals surface area contributed by atoms with Crippen LogP contribution in [-0.2, 0) is 6.42 Å². The van der Waals surface area contributed by atoms with Crippen molar-refractivity contribution < 1.29 is 18.6 Å². The van der Waals surface area contributed by atoms with Gasteiger partial charge in [-0.05, 0) is 46.1 Å². The molecule has 1 N–H and O–H groups in total. The summed E-state index contributed by atoms with van der Waals surface area (Å²) in [5.74, 6) is -1.14. The number of rotatable bonds is 2. The lowest BCUT2D eigenvalue weighted by Gasteiger charge is -2.29. The summed E-state index contributed by atoms with van der Waals surface area (Å²) in [6.07, 6.45) is -0.737. The Hall–Kier alpha value is -1.46. The molecule has 2 unspecified atom stereocenters. The van der Waals surface area contributed by atoms with E-state index < -0.39 is 23.7 Å². The molecular formula is C16H13BrF2O2. The lowest BCUT2D eigenvalue weighted by atomic mass is 9.88. The molecule has 1 heterocycles. The average molecular weight is 355 g/mol. The summed E-state index contributed by atoms with van der Waals surface area (Å²) in [7, 11) is 0. The van der Waals surface area contributed by atoms with Gasteiger partial charge in [0.1, 0.15) is 17.4 Å². The van der Waals surface area contributed by atoms with Crippen LogP contribution < -0.4 is 4.74 Å². The van der Waals surface area contributed by atoms with Crippen LogP contribution in [0.3, 0.4) is 0 Å². The average Bonchev–Trinajstić information content (AvgIpc) is 2.51. The predicted molar refractivity (Wildman–Crippen MR) is 78.1 cm³/mol. The van der Waals surface area contributed by atoms with Crippen molar-refractivity contribution in [3.63, 3.8) is 0 Å². The van der Waals surface area contributed by atoms with Crippen LogP contribution in [0.25, 0.3) is 0 Å². The molecule has 1 aliphatic heterocycles. The fourth-order valence-corrected chi connectivity index (χ4v) is 2.95. The Balaban J connectivity index is 1.91. The molecule has 1 aliphatic rings. The zero-order valence-electron chi connectivity index (χ0n) is 11.0. The second-order valence-electron chi connectivity index (χ2n) is 5.08. The minimum Gasteiger partial charge on any atom is -0.493 e. The molecule has 5 heteroatoms. The van der Waals surface area contributed by atoms with E-state index >= 15 is 0 Å². The number of aliphatic hydroxyl groups is 1. The van der Waals surface area contributed by atoms with E-state index in [1.807, 2.05) is 24.3 Å². The number of para-hydroxylation sites is 1. The summed E-state index contributed by atoms with van der Waals surface area (Å²) in [5.41, 5.74) is 0.626. The van der Waals surface area contributed by atoms with E-state index in [-0.39, 0.29) is 16.6 Å². The molecular weight excluding hydrogens is 342 g/mol. The van der Waals surface area contributed by atoms with Crippen molar-refractivity contribution in [3.05, 3.63) is 63.6 Å². The smallest absolute Gasteiger partial charge is 0.146 e. The van der Waals surface area contributed by atoms with Gasteiger partial charge in [0.05, 0.1) is 22.7 Å². The van der Waals surface area contributed by atoms with E-state index in [0.29, 0.717) is 6.42 Å². The van der Waals surface area contributed by atoms with Gasteiger partial charge < -0.3 is 9.84 Å². The zero-order valence-corrected chi connectivity index (χ0v) is 12.6. The SMILES string of the molecule is OC(c1c(F)ccc(Br)c1F)C1COc2ccccc2C1. The molecule has 2 aromatic rings. The summed E-state index contributed by atoms with van der Waals surface area (Å²) >= 11 is 3.01. The van der Waals surface area contributed by atoms with Crippen LogP contribution in [0, 0.1) is 17.6 Å². The van der Waals surface area contributed by atoms with E-state index in [9.17, 15) is 13.9 Å². The lowest BCUT2D eigenvalue weighted by molar-refractivity contribution is 0.0590. The molecule has 0 radical (unpaired) electrons. The molecule has 0 spiro atoms. The van der Waals surface area contributed by atoms with Crippen molar-refractivity contribution in [1.82, 2.24) is 0 Å². The van der Waals surface area contributed by atoms with Crippen molar-refractivity contribution in [3.8, 4) is 5.75 Å². The number of hydrogen-bond acceptors (Lipinski definition) is 2. The summed E-state index contributed by atoms with van der Waals surface area (Å²) in [6, 6.07) is 9.90. The molecule has 0 bridgehead atoms. The summed E-state index contributed by atoms with van der Waals surface area (Å²) in [6.45, 7) is 0.226. The van der Waals surface area contributed by atoms with Gasteiger partial charge in [-0.15, -0.1) is 0 Å². The van der Waals surface area contributed by atoms with Crippen LogP contribution in [0.15, 0.2) is 40.9 Å². The van der Waals surface area contributed by atoms with Crippen LogP contribution >= 0.6 is 15.9 Å². The van der Waals surface area contributed by atoms with Crippen LogP contribution in [0.5, 0.6) is 5.75 Å². The fourth-order valence-electron chi connectivity index (χ4n) is 2.60. The van der Waals surface area contributed by atoms with E-state index in [4.69, 9.17) is 4.74 Å². The first-order valence-electron chi connectivity index (χ1n) is 6.60. The Morgan fingerprint density at radius 3 is 2.76 bits per heavy atom. The minimum atomic E-state index is -1.25. The predicted octanol–water partition coefficient (Wildman–Crippen LogP) is 4.01. The first-order chi connectivity index (χ1) is 10.1. The standard InChI is InChI=1S/C16H13BrF2O2/c17-11-5-6-12(18)14(15(11)19)16(20)10-7-9-3-1-2-4-13(9)21-8-10/h1-6,10,16,20H,7-8H2. The van der Waals surface area contributed by atoms with Crippen LogP contribution in [0.2, 0.25) is 0 Å². The molecule has 2 nitrogen and oxygen atoms in total. The number of ether oxygens (including phenoxy) is 1. The molecule has 3 rings (SSSR count). The van der Waals surface area contributed by atoms with E-state index in [1.165, 1.54) is 6.07 Å². The fraction of sp³-hybridized carbons (Fsp3) is 0.250. The maximum Gasteiger partial charge on any atom is 0.146 e. The second-order valence-corrected chi connectivity index (χ2v) is 5.94. The molecule has 2 atom stereocenters. The Morgan fingerprint density at radius 1 is 1.19 bits per heavy atom. The molecule has 2 aromatic carbocycles. The van der Waals surface area contributed by atoms with E-state index in [1.54, 1.807) is 0 Å². The Bertz CT molecular complexity index is 675. The third-order valence-corrected chi connectivity index (χ3v) is 4.34. The maximum atomic E-state index is 14.1. The Kier molecular flexibility index (Phi) is 3.95.